The molecule has 2 atom stereocenters. The lowest BCUT2D eigenvalue weighted by Crippen LogP contribution is -2.52. The molecule has 1 aliphatic rings. The van der Waals surface area contributed by atoms with Crippen LogP contribution in [0.5, 0.6) is 0 Å². The maximum atomic E-state index is 12.7. The molecule has 0 aliphatic carbocycles. The van der Waals surface area contributed by atoms with Crippen molar-refractivity contribution in [3.8, 4) is 0 Å². The maximum absolute atomic E-state index is 12.7. The zero-order valence-corrected chi connectivity index (χ0v) is 15.4. The second-order valence-corrected chi connectivity index (χ2v) is 8.43. The molecule has 0 radical (unpaired) electrons. The highest BCUT2D eigenvalue weighted by Crippen LogP contribution is 2.19. The topological polar surface area (TPSA) is 53.1 Å². The fourth-order valence-corrected chi connectivity index (χ4v) is 4.26. The van der Waals surface area contributed by atoms with Crippen LogP contribution in [0.1, 0.15) is 19.4 Å². The van der Waals surface area contributed by atoms with Crippen LogP contribution in [0.2, 0.25) is 0 Å². The summed E-state index contributed by atoms with van der Waals surface area (Å²) in [5.41, 5.74) is 2.06. The Balaban J connectivity index is 2.07. The third kappa shape index (κ3) is 4.44. The standard InChI is InChI=1S/C16H27N3O3S/c1-13-10-19(11-14(2)22-13)23(20,21)18(5)12-15-6-8-16(9-7-15)17(3)4/h6-9,13-14H,10-12H2,1-5H3/t13-,14-/m1/s1. The Morgan fingerprint density at radius 3 is 2.09 bits per heavy atom. The van der Waals surface area contributed by atoms with Crippen LogP contribution in [0, 0.1) is 0 Å². The van der Waals surface area contributed by atoms with E-state index in [-0.39, 0.29) is 12.2 Å². The highest BCUT2D eigenvalue weighted by molar-refractivity contribution is 7.86. The summed E-state index contributed by atoms with van der Waals surface area (Å²) in [7, 11) is 2.11. The highest BCUT2D eigenvalue weighted by Gasteiger charge is 2.33. The summed E-state index contributed by atoms with van der Waals surface area (Å²) >= 11 is 0. The lowest BCUT2D eigenvalue weighted by molar-refractivity contribution is -0.0453. The van der Waals surface area contributed by atoms with Gasteiger partial charge in [0.1, 0.15) is 0 Å². The van der Waals surface area contributed by atoms with Gasteiger partial charge in [-0.15, -0.1) is 0 Å². The zero-order valence-electron chi connectivity index (χ0n) is 14.6. The first-order valence-corrected chi connectivity index (χ1v) is 9.23. The predicted octanol–water partition coefficient (Wildman–Crippen LogP) is 1.54. The van der Waals surface area contributed by atoms with Gasteiger partial charge < -0.3 is 9.64 Å². The number of anilines is 1. The van der Waals surface area contributed by atoms with Gasteiger partial charge in [-0.1, -0.05) is 12.1 Å². The van der Waals surface area contributed by atoms with E-state index in [2.05, 4.69) is 0 Å². The van der Waals surface area contributed by atoms with Gasteiger partial charge in [0.2, 0.25) is 0 Å². The molecular formula is C16H27N3O3S. The Kier molecular flexibility index (Phi) is 5.67. The van der Waals surface area contributed by atoms with Gasteiger partial charge in [-0.3, -0.25) is 0 Å². The molecule has 130 valence electrons. The first-order valence-electron chi connectivity index (χ1n) is 7.83. The Hall–Kier alpha value is -1.15. The van der Waals surface area contributed by atoms with Crippen molar-refractivity contribution in [3.63, 3.8) is 0 Å². The van der Waals surface area contributed by atoms with E-state index >= 15 is 0 Å². The van der Waals surface area contributed by atoms with Gasteiger partial charge in [-0.2, -0.15) is 17.0 Å². The van der Waals surface area contributed by atoms with Crippen molar-refractivity contribution in [2.45, 2.75) is 32.6 Å². The van der Waals surface area contributed by atoms with Crippen LogP contribution >= 0.6 is 0 Å². The van der Waals surface area contributed by atoms with E-state index in [1.807, 2.05) is 57.1 Å². The van der Waals surface area contributed by atoms with Crippen molar-refractivity contribution in [1.29, 1.82) is 0 Å². The SMILES string of the molecule is C[C@@H]1CN(S(=O)(=O)N(C)Cc2ccc(N(C)C)cc2)C[C@@H](C)O1. The normalized spacial score (nSPS) is 23.2. The van der Waals surface area contributed by atoms with Crippen LogP contribution in [-0.2, 0) is 21.5 Å². The summed E-state index contributed by atoms with van der Waals surface area (Å²) in [6.07, 6.45) is -0.164. The van der Waals surface area contributed by atoms with Crippen molar-refractivity contribution in [2.75, 3.05) is 39.1 Å². The second-order valence-electron chi connectivity index (χ2n) is 6.40. The fraction of sp³-hybridized carbons (Fsp3) is 0.625. The van der Waals surface area contributed by atoms with E-state index in [0.29, 0.717) is 19.6 Å². The van der Waals surface area contributed by atoms with Crippen molar-refractivity contribution in [2.24, 2.45) is 0 Å². The molecule has 0 bridgehead atoms. The summed E-state index contributed by atoms with van der Waals surface area (Å²) in [6.45, 7) is 4.96. The monoisotopic (exact) mass is 341 g/mol. The molecular weight excluding hydrogens is 314 g/mol. The van der Waals surface area contributed by atoms with E-state index in [1.54, 1.807) is 7.05 Å². The van der Waals surface area contributed by atoms with Gasteiger partial charge >= 0.3 is 0 Å². The fourth-order valence-electron chi connectivity index (χ4n) is 2.75. The molecule has 1 aromatic rings. The van der Waals surface area contributed by atoms with E-state index in [4.69, 9.17) is 4.74 Å². The lowest BCUT2D eigenvalue weighted by Gasteiger charge is -2.36. The van der Waals surface area contributed by atoms with Crippen LogP contribution in [0.25, 0.3) is 0 Å². The molecule has 6 nitrogen and oxygen atoms in total. The molecule has 0 unspecified atom stereocenters. The largest absolute Gasteiger partial charge is 0.378 e. The molecule has 1 aromatic carbocycles. The number of rotatable bonds is 5. The Bertz CT molecular complexity index is 606. The number of benzene rings is 1. The first-order chi connectivity index (χ1) is 10.7. The van der Waals surface area contributed by atoms with Gasteiger partial charge in [0.25, 0.3) is 10.2 Å². The highest BCUT2D eigenvalue weighted by atomic mass is 32.2. The average molecular weight is 341 g/mol. The lowest BCUT2D eigenvalue weighted by atomic mass is 10.2. The average Bonchev–Trinajstić information content (AvgIpc) is 2.46. The number of hydrogen-bond donors (Lipinski definition) is 0. The van der Waals surface area contributed by atoms with E-state index in [0.717, 1.165) is 11.3 Å². The number of nitrogens with zero attached hydrogens (tertiary/aromatic N) is 3. The van der Waals surface area contributed by atoms with Crippen LogP contribution in [0.15, 0.2) is 24.3 Å². The minimum Gasteiger partial charge on any atom is -0.378 e. The third-order valence-electron chi connectivity index (χ3n) is 3.96. The van der Waals surface area contributed by atoms with E-state index in [1.165, 1.54) is 8.61 Å². The number of hydrogen-bond acceptors (Lipinski definition) is 4. The summed E-state index contributed by atoms with van der Waals surface area (Å²) in [4.78, 5) is 2.01. The first kappa shape index (κ1) is 18.2. The van der Waals surface area contributed by atoms with Crippen LogP contribution < -0.4 is 4.90 Å². The summed E-state index contributed by atoms with van der Waals surface area (Å²) in [6, 6.07) is 7.92. The Labute approximate surface area is 139 Å². The van der Waals surface area contributed by atoms with Crippen molar-refractivity contribution >= 4 is 15.9 Å². The number of morpholine rings is 1. The third-order valence-corrected chi connectivity index (χ3v) is 5.83. The van der Waals surface area contributed by atoms with Gasteiger partial charge in [-0.05, 0) is 31.5 Å². The molecule has 1 fully saturated rings. The Morgan fingerprint density at radius 2 is 1.61 bits per heavy atom. The number of ether oxygens (including phenoxy) is 1. The summed E-state index contributed by atoms with van der Waals surface area (Å²) in [5.74, 6) is 0. The van der Waals surface area contributed by atoms with Gasteiger partial charge in [0, 0.05) is 46.5 Å². The van der Waals surface area contributed by atoms with Gasteiger partial charge in [0.05, 0.1) is 12.2 Å². The molecule has 0 amide bonds. The maximum Gasteiger partial charge on any atom is 0.282 e. The van der Waals surface area contributed by atoms with Crippen molar-refractivity contribution < 1.29 is 13.2 Å². The van der Waals surface area contributed by atoms with Gasteiger partial charge in [0.15, 0.2) is 0 Å². The second kappa shape index (κ2) is 7.17. The van der Waals surface area contributed by atoms with E-state index < -0.39 is 10.2 Å². The molecule has 1 heterocycles. The van der Waals surface area contributed by atoms with E-state index in [9.17, 15) is 8.42 Å². The van der Waals surface area contributed by atoms with Crippen LogP contribution in [-0.4, -0.2) is 63.5 Å². The van der Waals surface area contributed by atoms with Crippen LogP contribution in [0.4, 0.5) is 5.69 Å². The molecule has 1 saturated heterocycles. The summed E-state index contributed by atoms with van der Waals surface area (Å²) < 4.78 is 34.0. The van der Waals surface area contributed by atoms with Crippen molar-refractivity contribution in [1.82, 2.24) is 8.61 Å². The van der Waals surface area contributed by atoms with Gasteiger partial charge in [-0.25, -0.2) is 0 Å². The molecule has 0 saturated carbocycles. The molecule has 1 aliphatic heterocycles. The van der Waals surface area contributed by atoms with Crippen LogP contribution in [0.3, 0.4) is 0 Å². The molecule has 23 heavy (non-hydrogen) atoms. The minimum absolute atomic E-state index is 0.0821. The quantitative estimate of drug-likeness (QED) is 0.815. The molecule has 0 N–H and O–H groups in total. The van der Waals surface area contributed by atoms with Crippen molar-refractivity contribution in [3.05, 3.63) is 29.8 Å². The zero-order chi connectivity index (χ0) is 17.2. The minimum atomic E-state index is -3.48. The smallest absolute Gasteiger partial charge is 0.282 e. The molecule has 0 spiro atoms. The molecule has 2 rings (SSSR count). The molecule has 0 aromatic heterocycles. The predicted molar refractivity (Wildman–Crippen MR) is 92.7 cm³/mol. The molecule has 7 heteroatoms. The Morgan fingerprint density at radius 1 is 1.09 bits per heavy atom. The summed E-state index contributed by atoms with van der Waals surface area (Å²) in [5, 5.41) is 0.